The third-order valence-corrected chi connectivity index (χ3v) is 9.63. The van der Waals surface area contributed by atoms with E-state index in [-0.39, 0.29) is 0 Å². The standard InChI is InChI=1S/C34H25N3S2/c1-35-18-19-36(22-35)24-10-7-11-25(20-24)38-26-14-15-27-28-16-17-32-33(29-12-5-6-13-31(29)39-32)34(28)37(30(27)21-26)23-8-3-2-4-9-23/h2-21H,22H2,1H3. The number of para-hydroxylation sites is 1. The van der Waals surface area contributed by atoms with E-state index in [1.54, 1.807) is 0 Å². The van der Waals surface area contributed by atoms with E-state index in [2.05, 4.69) is 143 Å². The van der Waals surface area contributed by atoms with Crippen molar-refractivity contribution in [3.63, 3.8) is 0 Å². The normalized spacial score (nSPS) is 13.6. The maximum Gasteiger partial charge on any atom is 0.0938 e. The van der Waals surface area contributed by atoms with E-state index in [4.69, 9.17) is 0 Å². The highest BCUT2D eigenvalue weighted by Gasteiger charge is 2.19. The van der Waals surface area contributed by atoms with Crippen molar-refractivity contribution < 1.29 is 0 Å². The van der Waals surface area contributed by atoms with Crippen molar-refractivity contribution in [1.82, 2.24) is 9.47 Å². The fourth-order valence-electron chi connectivity index (χ4n) is 5.76. The molecule has 7 aromatic rings. The Bertz CT molecular complexity index is 2050. The van der Waals surface area contributed by atoms with Crippen LogP contribution in [-0.2, 0) is 0 Å². The van der Waals surface area contributed by atoms with Crippen molar-refractivity contribution in [3.8, 4) is 5.69 Å². The summed E-state index contributed by atoms with van der Waals surface area (Å²) < 4.78 is 5.13. The molecule has 188 valence electrons. The first-order valence-electron chi connectivity index (χ1n) is 13.1. The summed E-state index contributed by atoms with van der Waals surface area (Å²) in [6, 6.07) is 40.0. The molecular formula is C34H25N3S2. The molecule has 0 saturated carbocycles. The molecule has 0 spiro atoms. The number of rotatable bonds is 4. The average Bonchev–Trinajstić information content (AvgIpc) is 3.66. The van der Waals surface area contributed by atoms with Gasteiger partial charge < -0.3 is 14.4 Å². The fourth-order valence-corrected chi connectivity index (χ4v) is 7.77. The highest BCUT2D eigenvalue weighted by Crippen LogP contribution is 2.44. The molecule has 0 N–H and O–H groups in total. The molecule has 3 nitrogen and oxygen atoms in total. The predicted molar refractivity (Wildman–Crippen MR) is 168 cm³/mol. The molecule has 2 aromatic heterocycles. The second-order valence-corrected chi connectivity index (χ2v) is 12.3. The minimum absolute atomic E-state index is 0.878. The summed E-state index contributed by atoms with van der Waals surface area (Å²) in [7, 11) is 2.10. The number of hydrogen-bond acceptors (Lipinski definition) is 4. The second kappa shape index (κ2) is 8.94. The Balaban J connectivity index is 1.33. The summed E-state index contributed by atoms with van der Waals surface area (Å²) >= 11 is 3.70. The van der Waals surface area contributed by atoms with Gasteiger partial charge >= 0.3 is 0 Å². The SMILES string of the molecule is CN1C=CN(c2cccc(Sc3ccc4c5ccc6sc7ccccc7c6c5n(-c5ccccc5)c4c3)c2)C1. The molecule has 0 aliphatic carbocycles. The van der Waals surface area contributed by atoms with Crippen molar-refractivity contribution in [3.05, 3.63) is 122 Å². The van der Waals surface area contributed by atoms with E-state index in [1.165, 1.54) is 63.1 Å². The lowest BCUT2D eigenvalue weighted by molar-refractivity contribution is 0.495. The predicted octanol–water partition coefficient (Wildman–Crippen LogP) is 9.48. The summed E-state index contributed by atoms with van der Waals surface area (Å²) in [5.74, 6) is 0. The van der Waals surface area contributed by atoms with Gasteiger partial charge in [-0.05, 0) is 54.6 Å². The van der Waals surface area contributed by atoms with Crippen LogP contribution < -0.4 is 4.90 Å². The van der Waals surface area contributed by atoms with E-state index in [9.17, 15) is 0 Å². The Morgan fingerprint density at radius 3 is 2.31 bits per heavy atom. The molecule has 0 atom stereocenters. The molecule has 0 amide bonds. The molecular weight excluding hydrogens is 515 g/mol. The molecule has 0 radical (unpaired) electrons. The average molecular weight is 540 g/mol. The lowest BCUT2D eigenvalue weighted by Crippen LogP contribution is -2.21. The van der Waals surface area contributed by atoms with E-state index >= 15 is 0 Å². The van der Waals surface area contributed by atoms with Crippen LogP contribution in [0.3, 0.4) is 0 Å². The van der Waals surface area contributed by atoms with Crippen molar-refractivity contribution in [2.24, 2.45) is 0 Å². The zero-order valence-electron chi connectivity index (χ0n) is 21.4. The maximum atomic E-state index is 2.47. The smallest absolute Gasteiger partial charge is 0.0938 e. The summed E-state index contributed by atoms with van der Waals surface area (Å²) in [6.07, 6.45) is 4.26. The number of hydrogen-bond donors (Lipinski definition) is 0. The van der Waals surface area contributed by atoms with Gasteiger partial charge in [0, 0.05) is 71.6 Å². The maximum absolute atomic E-state index is 2.47. The lowest BCUT2D eigenvalue weighted by Gasteiger charge is -2.18. The first-order chi connectivity index (χ1) is 19.2. The Morgan fingerprint density at radius 1 is 0.641 bits per heavy atom. The van der Waals surface area contributed by atoms with E-state index in [0.717, 1.165) is 6.67 Å². The Morgan fingerprint density at radius 2 is 1.44 bits per heavy atom. The number of nitrogens with zero attached hydrogens (tertiary/aromatic N) is 3. The number of thiophene rings is 1. The summed E-state index contributed by atoms with van der Waals surface area (Å²) in [6.45, 7) is 0.878. The summed E-state index contributed by atoms with van der Waals surface area (Å²) in [4.78, 5) is 6.93. The molecule has 1 aliphatic rings. The zero-order chi connectivity index (χ0) is 25.9. The largest absolute Gasteiger partial charge is 0.361 e. The van der Waals surface area contributed by atoms with Gasteiger partial charge in [-0.25, -0.2) is 0 Å². The molecule has 0 unspecified atom stereocenters. The third-order valence-electron chi connectivity index (χ3n) is 7.52. The first-order valence-corrected chi connectivity index (χ1v) is 14.7. The fraction of sp³-hybridized carbons (Fsp3) is 0.0588. The molecule has 0 fully saturated rings. The van der Waals surface area contributed by atoms with Crippen molar-refractivity contribution in [2.45, 2.75) is 9.79 Å². The molecule has 3 heterocycles. The number of fused-ring (bicyclic) bond motifs is 7. The molecule has 39 heavy (non-hydrogen) atoms. The molecule has 0 saturated heterocycles. The molecule has 1 aliphatic heterocycles. The van der Waals surface area contributed by atoms with Gasteiger partial charge in [0.15, 0.2) is 0 Å². The highest BCUT2D eigenvalue weighted by molar-refractivity contribution is 7.99. The summed E-state index contributed by atoms with van der Waals surface area (Å²) in [5, 5.41) is 5.26. The van der Waals surface area contributed by atoms with Crippen molar-refractivity contribution in [2.75, 3.05) is 18.6 Å². The van der Waals surface area contributed by atoms with Crippen LogP contribution in [0.15, 0.2) is 131 Å². The van der Waals surface area contributed by atoms with Gasteiger partial charge in [-0.15, -0.1) is 11.3 Å². The van der Waals surface area contributed by atoms with E-state index < -0.39 is 0 Å². The van der Waals surface area contributed by atoms with Crippen LogP contribution in [0.4, 0.5) is 5.69 Å². The summed E-state index contributed by atoms with van der Waals surface area (Å²) in [5.41, 5.74) is 4.94. The Kier molecular flexibility index (Phi) is 5.22. The second-order valence-electron chi connectivity index (χ2n) is 10.0. The van der Waals surface area contributed by atoms with E-state index in [0.29, 0.717) is 0 Å². The van der Waals surface area contributed by atoms with Crippen LogP contribution in [-0.4, -0.2) is 23.2 Å². The van der Waals surface area contributed by atoms with Gasteiger partial charge in [-0.3, -0.25) is 0 Å². The lowest BCUT2D eigenvalue weighted by atomic mass is 10.1. The molecule has 8 rings (SSSR count). The quantitative estimate of drug-likeness (QED) is 0.221. The van der Waals surface area contributed by atoms with Crippen LogP contribution in [0.1, 0.15) is 0 Å². The van der Waals surface area contributed by atoms with Gasteiger partial charge in [0.1, 0.15) is 0 Å². The monoisotopic (exact) mass is 539 g/mol. The van der Waals surface area contributed by atoms with Crippen LogP contribution in [0, 0.1) is 0 Å². The van der Waals surface area contributed by atoms with Gasteiger partial charge in [0.2, 0.25) is 0 Å². The minimum Gasteiger partial charge on any atom is -0.361 e. The minimum atomic E-state index is 0.878. The van der Waals surface area contributed by atoms with Gasteiger partial charge in [-0.2, -0.15) is 0 Å². The highest BCUT2D eigenvalue weighted by atomic mass is 32.2. The van der Waals surface area contributed by atoms with Crippen molar-refractivity contribution in [1.29, 1.82) is 0 Å². The van der Waals surface area contributed by atoms with Gasteiger partial charge in [0.05, 0.1) is 17.7 Å². The Hall–Kier alpha value is -4.19. The van der Waals surface area contributed by atoms with Crippen molar-refractivity contribution >= 4 is 70.8 Å². The number of aromatic nitrogens is 1. The topological polar surface area (TPSA) is 11.4 Å². The molecule has 5 heteroatoms. The molecule has 0 bridgehead atoms. The number of benzene rings is 5. The van der Waals surface area contributed by atoms with E-state index in [1.807, 2.05) is 23.1 Å². The first kappa shape index (κ1) is 22.8. The zero-order valence-corrected chi connectivity index (χ0v) is 23.0. The van der Waals surface area contributed by atoms with Gasteiger partial charge in [0.25, 0.3) is 0 Å². The van der Waals surface area contributed by atoms with Crippen LogP contribution in [0.25, 0.3) is 47.7 Å². The van der Waals surface area contributed by atoms with Crippen LogP contribution in [0.2, 0.25) is 0 Å². The van der Waals surface area contributed by atoms with Crippen LogP contribution >= 0.6 is 23.1 Å². The molecule has 5 aromatic carbocycles. The Labute approximate surface area is 235 Å². The number of anilines is 1. The van der Waals surface area contributed by atoms with Crippen LogP contribution in [0.5, 0.6) is 0 Å². The van der Waals surface area contributed by atoms with Gasteiger partial charge in [-0.1, -0.05) is 66.4 Å². The third kappa shape index (κ3) is 3.73.